The van der Waals surface area contributed by atoms with Crippen molar-refractivity contribution >= 4 is 49.3 Å². The Labute approximate surface area is 293 Å². The fraction of sp³-hybridized carbons (Fsp3) is 0.167. The van der Waals surface area contributed by atoms with Crippen molar-refractivity contribution in [3.8, 4) is 0 Å². The monoisotopic (exact) mass is 642 g/mol. The van der Waals surface area contributed by atoms with Crippen LogP contribution < -0.4 is 4.90 Å². The topological polar surface area (TPSA) is 6.48 Å². The fourth-order valence-electron chi connectivity index (χ4n) is 10.1. The summed E-state index contributed by atoms with van der Waals surface area (Å²) in [7, 11) is 0. The van der Waals surface area contributed by atoms with Crippen molar-refractivity contribution in [2.75, 3.05) is 4.90 Å². The third-order valence-electron chi connectivity index (χ3n) is 12.3. The van der Waals surface area contributed by atoms with Gasteiger partial charge in [-0.25, -0.2) is 0 Å². The van der Waals surface area contributed by atoms with Crippen molar-refractivity contribution in [3.05, 3.63) is 187 Å². The van der Waals surface area contributed by atoms with Crippen LogP contribution in [0.1, 0.15) is 23.5 Å². The first-order valence-electron chi connectivity index (χ1n) is 18.3. The van der Waals surface area contributed by atoms with E-state index in [0.717, 1.165) is 6.42 Å². The lowest BCUT2D eigenvalue weighted by molar-refractivity contribution is 0.193. The first-order chi connectivity index (χ1) is 24.8. The Morgan fingerprint density at radius 2 is 1.20 bits per heavy atom. The lowest BCUT2D eigenvalue weighted by Crippen LogP contribution is -2.44. The second-order valence-electron chi connectivity index (χ2n) is 14.7. The molecule has 7 atom stereocenters. The van der Waals surface area contributed by atoms with Crippen LogP contribution in [0.15, 0.2) is 176 Å². The predicted octanol–water partition coefficient (Wildman–Crippen LogP) is 11.1. The third kappa shape index (κ3) is 4.12. The van der Waals surface area contributed by atoms with Gasteiger partial charge in [0.15, 0.2) is 0 Å². The summed E-state index contributed by atoms with van der Waals surface area (Å²) in [5, 5.41) is 7.89. The number of rotatable bonds is 3. The summed E-state index contributed by atoms with van der Waals surface area (Å²) in [5.74, 6) is 1.32. The molecule has 0 N–H and O–H groups in total. The van der Waals surface area contributed by atoms with Gasteiger partial charge in [-0.1, -0.05) is 158 Å². The Hall–Kier alpha value is -5.44. The standard InChI is InChI=1S/C48H38N2/c1-2-12-33(13-3-1)49-45-20-10-8-18-40(45)42-25-22-31(28-47(42)49)32-23-26-43-41-19-9-11-21-46(41)50(48(43)29-32)34-24-27-39-37-16-5-4-14-35(37)36-15-6-7-17-38(36)44(39)30-34/h1-12,14-30,33,40-42,45-47H,13H2. The minimum Gasteiger partial charge on any atom is -0.333 e. The first-order valence-corrected chi connectivity index (χ1v) is 18.3. The van der Waals surface area contributed by atoms with Crippen LogP contribution in [0, 0.1) is 11.8 Å². The van der Waals surface area contributed by atoms with Crippen molar-refractivity contribution in [1.29, 1.82) is 0 Å². The molecule has 0 aromatic heterocycles. The van der Waals surface area contributed by atoms with E-state index >= 15 is 0 Å². The Morgan fingerprint density at radius 1 is 0.520 bits per heavy atom. The molecule has 0 spiro atoms. The van der Waals surface area contributed by atoms with Crippen LogP contribution in [0.4, 0.5) is 11.4 Å². The molecule has 2 nitrogen and oxygen atoms in total. The average Bonchev–Trinajstić information content (AvgIpc) is 3.70. The van der Waals surface area contributed by atoms with Crippen LogP contribution in [0.25, 0.3) is 37.9 Å². The smallest absolute Gasteiger partial charge is 0.0629 e. The second kappa shape index (κ2) is 11.0. The molecule has 11 rings (SSSR count). The quantitative estimate of drug-likeness (QED) is 0.181. The normalized spacial score (nSPS) is 28.8. The Morgan fingerprint density at radius 3 is 1.98 bits per heavy atom. The minimum absolute atomic E-state index is 0.243. The lowest BCUT2D eigenvalue weighted by atomic mass is 9.81. The molecular weight excluding hydrogens is 605 g/mol. The number of allylic oxidation sites excluding steroid dienone is 8. The summed E-state index contributed by atoms with van der Waals surface area (Å²) in [6, 6.07) is 33.6. The van der Waals surface area contributed by atoms with Gasteiger partial charge < -0.3 is 4.90 Å². The summed E-state index contributed by atoms with van der Waals surface area (Å²) < 4.78 is 0. The highest BCUT2D eigenvalue weighted by molar-refractivity contribution is 6.25. The number of anilines is 2. The molecule has 1 fully saturated rings. The molecule has 5 aromatic carbocycles. The van der Waals surface area contributed by atoms with Crippen molar-refractivity contribution in [1.82, 2.24) is 4.90 Å². The molecule has 5 aromatic rings. The molecule has 2 heteroatoms. The van der Waals surface area contributed by atoms with E-state index in [1.54, 1.807) is 0 Å². The molecule has 240 valence electrons. The molecule has 0 amide bonds. The van der Waals surface area contributed by atoms with Crippen LogP contribution in [-0.2, 0) is 0 Å². The second-order valence-corrected chi connectivity index (χ2v) is 14.7. The Bertz CT molecular complexity index is 2450. The van der Waals surface area contributed by atoms with Gasteiger partial charge in [0, 0.05) is 47.3 Å². The Balaban J connectivity index is 1.04. The maximum Gasteiger partial charge on any atom is 0.0629 e. The van der Waals surface area contributed by atoms with Gasteiger partial charge in [0.25, 0.3) is 0 Å². The number of benzene rings is 5. The van der Waals surface area contributed by atoms with E-state index in [0.29, 0.717) is 35.9 Å². The van der Waals surface area contributed by atoms with Crippen molar-refractivity contribution in [3.63, 3.8) is 0 Å². The fourth-order valence-corrected chi connectivity index (χ4v) is 10.1. The molecule has 2 aliphatic heterocycles. The van der Waals surface area contributed by atoms with Crippen LogP contribution in [0.3, 0.4) is 0 Å². The highest BCUT2D eigenvalue weighted by atomic mass is 15.2. The van der Waals surface area contributed by atoms with Crippen molar-refractivity contribution in [2.45, 2.75) is 36.5 Å². The number of hydrogen-bond donors (Lipinski definition) is 0. The van der Waals surface area contributed by atoms with E-state index in [2.05, 4.69) is 186 Å². The molecule has 4 aliphatic carbocycles. The molecular formula is C48H38N2. The van der Waals surface area contributed by atoms with Crippen LogP contribution in [0.2, 0.25) is 0 Å². The SMILES string of the molecule is C1=CCC(N2C3C=CC=CC3C3C=CC(c4ccc5c(c4)N(c4ccc6c7ccccc7c7ccccc7c6c4)C4C=CC=CC54)=CC32)C=C1. The zero-order valence-corrected chi connectivity index (χ0v) is 27.9. The van der Waals surface area contributed by atoms with Gasteiger partial charge >= 0.3 is 0 Å². The molecule has 7 unspecified atom stereocenters. The number of hydrogen-bond acceptors (Lipinski definition) is 2. The molecule has 0 saturated carbocycles. The van der Waals surface area contributed by atoms with Gasteiger partial charge in [-0.2, -0.15) is 0 Å². The van der Waals surface area contributed by atoms with E-state index in [9.17, 15) is 0 Å². The van der Waals surface area contributed by atoms with Gasteiger partial charge in [-0.3, -0.25) is 4.90 Å². The first kappa shape index (κ1) is 28.4. The van der Waals surface area contributed by atoms with Gasteiger partial charge in [-0.15, -0.1) is 0 Å². The summed E-state index contributed by atoms with van der Waals surface area (Å²) >= 11 is 0. The van der Waals surface area contributed by atoms with Gasteiger partial charge in [0.1, 0.15) is 0 Å². The maximum atomic E-state index is 2.78. The highest BCUT2D eigenvalue weighted by Gasteiger charge is 2.48. The molecule has 6 aliphatic rings. The minimum atomic E-state index is 0.243. The molecule has 50 heavy (non-hydrogen) atoms. The molecule has 1 saturated heterocycles. The van der Waals surface area contributed by atoms with Crippen LogP contribution in [0.5, 0.6) is 0 Å². The molecule has 2 heterocycles. The van der Waals surface area contributed by atoms with Crippen molar-refractivity contribution < 1.29 is 0 Å². The predicted molar refractivity (Wildman–Crippen MR) is 211 cm³/mol. The summed E-state index contributed by atoms with van der Waals surface area (Å²) in [5.41, 5.74) is 6.60. The average molecular weight is 643 g/mol. The van der Waals surface area contributed by atoms with Crippen LogP contribution in [-0.4, -0.2) is 29.1 Å². The van der Waals surface area contributed by atoms with E-state index in [-0.39, 0.29) is 6.04 Å². The van der Waals surface area contributed by atoms with E-state index in [1.165, 1.54) is 60.4 Å². The maximum absolute atomic E-state index is 2.78. The number of nitrogens with zero attached hydrogens (tertiary/aromatic N) is 2. The lowest BCUT2D eigenvalue weighted by Gasteiger charge is -2.36. The van der Waals surface area contributed by atoms with E-state index < -0.39 is 0 Å². The zero-order chi connectivity index (χ0) is 32.8. The van der Waals surface area contributed by atoms with E-state index in [4.69, 9.17) is 0 Å². The zero-order valence-electron chi connectivity index (χ0n) is 27.9. The molecule has 0 radical (unpaired) electrons. The summed E-state index contributed by atoms with van der Waals surface area (Å²) in [6.45, 7) is 0. The number of fused-ring (bicyclic) bond motifs is 12. The van der Waals surface area contributed by atoms with Gasteiger partial charge in [-0.05, 0) is 73.6 Å². The largest absolute Gasteiger partial charge is 0.333 e. The van der Waals surface area contributed by atoms with Gasteiger partial charge in [0.05, 0.1) is 6.04 Å². The van der Waals surface area contributed by atoms with E-state index in [1.807, 2.05) is 0 Å². The van der Waals surface area contributed by atoms with Crippen LogP contribution >= 0.6 is 0 Å². The third-order valence-corrected chi connectivity index (χ3v) is 12.3. The highest BCUT2D eigenvalue weighted by Crippen LogP contribution is 2.51. The van der Waals surface area contributed by atoms with Crippen molar-refractivity contribution in [2.24, 2.45) is 11.8 Å². The Kier molecular flexibility index (Phi) is 6.27. The summed E-state index contributed by atoms with van der Waals surface area (Å²) in [4.78, 5) is 5.39. The molecule has 0 bridgehead atoms. The number of likely N-dealkylation sites (tertiary alicyclic amines) is 1. The van der Waals surface area contributed by atoms with Gasteiger partial charge in [0.2, 0.25) is 0 Å². The summed E-state index contributed by atoms with van der Waals surface area (Å²) in [6.07, 6.45) is 36.3.